The smallest absolute Gasteiger partial charge is 0.410 e. The molecule has 132 valence electrons. The Hall–Kier alpha value is -1.57. The van der Waals surface area contributed by atoms with Crippen LogP contribution < -0.4 is 0 Å². The maximum atomic E-state index is 12.9. The maximum Gasteiger partial charge on any atom is 0.410 e. The minimum Gasteiger partial charge on any atom is -0.444 e. The monoisotopic (exact) mass is 398 g/mol. The van der Waals surface area contributed by atoms with Gasteiger partial charge < -0.3 is 14.5 Å². The number of carbonyl (C=O) groups excluding carboxylic acids is 2. The molecule has 2 aliphatic heterocycles. The third-order valence-corrected chi connectivity index (χ3v) is 5.16. The lowest BCUT2D eigenvalue weighted by Gasteiger charge is -2.33. The molecule has 1 aromatic rings. The Labute approximate surface area is 150 Å². The van der Waals surface area contributed by atoms with Crippen LogP contribution in [-0.4, -0.2) is 62.9 Å². The van der Waals surface area contributed by atoms with Crippen molar-refractivity contribution in [3.05, 3.63) is 15.9 Å². The van der Waals surface area contributed by atoms with Crippen LogP contribution in [0.5, 0.6) is 0 Å². The van der Waals surface area contributed by atoms with Gasteiger partial charge in [0, 0.05) is 25.2 Å². The van der Waals surface area contributed by atoms with E-state index in [2.05, 4.69) is 21.0 Å². The largest absolute Gasteiger partial charge is 0.444 e. The van der Waals surface area contributed by atoms with Crippen molar-refractivity contribution < 1.29 is 14.3 Å². The van der Waals surface area contributed by atoms with E-state index in [1.807, 2.05) is 32.6 Å². The number of rotatable bonds is 1. The van der Waals surface area contributed by atoms with Gasteiger partial charge in [0.25, 0.3) is 5.91 Å². The van der Waals surface area contributed by atoms with Crippen molar-refractivity contribution in [2.24, 2.45) is 0 Å². The second kappa shape index (κ2) is 6.06. The fourth-order valence-electron chi connectivity index (χ4n) is 3.23. The minimum absolute atomic E-state index is 0.00649. The predicted molar refractivity (Wildman–Crippen MR) is 91.9 cm³/mol. The zero-order valence-electron chi connectivity index (χ0n) is 14.5. The summed E-state index contributed by atoms with van der Waals surface area (Å²) in [7, 11) is 0. The molecule has 0 aliphatic carbocycles. The molecule has 1 unspecified atom stereocenters. The van der Waals surface area contributed by atoms with E-state index in [0.717, 1.165) is 16.6 Å². The first kappa shape index (κ1) is 17.3. The first-order chi connectivity index (χ1) is 11.2. The zero-order valence-corrected chi connectivity index (χ0v) is 16.1. The van der Waals surface area contributed by atoms with Gasteiger partial charge in [0.2, 0.25) is 0 Å². The number of carbonyl (C=O) groups is 2. The lowest BCUT2D eigenvalue weighted by molar-refractivity contribution is 0.0271. The third kappa shape index (κ3) is 3.16. The summed E-state index contributed by atoms with van der Waals surface area (Å²) < 4.78 is 7.91. The molecule has 0 bridgehead atoms. The van der Waals surface area contributed by atoms with Crippen LogP contribution >= 0.6 is 15.9 Å². The molecule has 7 nitrogen and oxygen atoms in total. The van der Waals surface area contributed by atoms with E-state index < -0.39 is 5.60 Å². The van der Waals surface area contributed by atoms with Crippen LogP contribution in [0.2, 0.25) is 0 Å². The summed E-state index contributed by atoms with van der Waals surface area (Å²) in [6.45, 7) is 9.90. The number of likely N-dealkylation sites (tertiary alicyclic amines) is 1. The van der Waals surface area contributed by atoms with E-state index in [0.29, 0.717) is 31.9 Å². The van der Waals surface area contributed by atoms with Crippen molar-refractivity contribution in [3.8, 4) is 0 Å². The number of halogens is 1. The number of amides is 2. The predicted octanol–water partition coefficient (Wildman–Crippen LogP) is 2.42. The molecular weight excluding hydrogens is 376 g/mol. The van der Waals surface area contributed by atoms with Gasteiger partial charge in [-0.05, 0) is 50.0 Å². The summed E-state index contributed by atoms with van der Waals surface area (Å²) >= 11 is 3.39. The molecule has 3 heterocycles. The van der Waals surface area contributed by atoms with Gasteiger partial charge in [-0.2, -0.15) is 5.10 Å². The number of nitrogens with zero attached hydrogens (tertiary/aromatic N) is 4. The van der Waals surface area contributed by atoms with Crippen molar-refractivity contribution >= 4 is 27.9 Å². The highest BCUT2D eigenvalue weighted by Crippen LogP contribution is 2.27. The average Bonchev–Trinajstić information content (AvgIpc) is 3.04. The number of aromatic nitrogens is 2. The second-order valence-corrected chi connectivity index (χ2v) is 8.11. The highest BCUT2D eigenvalue weighted by molar-refractivity contribution is 9.10. The lowest BCUT2D eigenvalue weighted by Crippen LogP contribution is -2.48. The molecule has 3 rings (SSSR count). The van der Waals surface area contributed by atoms with Crippen molar-refractivity contribution in [1.82, 2.24) is 19.6 Å². The summed E-state index contributed by atoms with van der Waals surface area (Å²) in [5.74, 6) is -0.00649. The minimum atomic E-state index is -0.508. The molecule has 1 atom stereocenters. The van der Waals surface area contributed by atoms with Gasteiger partial charge in [-0.15, -0.1) is 0 Å². The van der Waals surface area contributed by atoms with Crippen LogP contribution in [0.15, 0.2) is 4.60 Å². The summed E-state index contributed by atoms with van der Waals surface area (Å²) in [4.78, 5) is 28.6. The maximum absolute atomic E-state index is 12.9. The van der Waals surface area contributed by atoms with Gasteiger partial charge in [-0.1, -0.05) is 0 Å². The van der Waals surface area contributed by atoms with Gasteiger partial charge in [-0.25, -0.2) is 4.79 Å². The van der Waals surface area contributed by atoms with Crippen molar-refractivity contribution in [2.75, 3.05) is 19.6 Å². The van der Waals surface area contributed by atoms with Crippen LogP contribution in [0, 0.1) is 6.92 Å². The molecule has 1 aromatic heterocycles. The normalized spacial score (nSPS) is 21.2. The quantitative estimate of drug-likeness (QED) is 0.728. The van der Waals surface area contributed by atoms with Crippen LogP contribution in [-0.2, 0) is 11.3 Å². The Bertz CT molecular complexity index is 680. The molecule has 0 saturated carbocycles. The first-order valence-corrected chi connectivity index (χ1v) is 8.98. The molecule has 1 fully saturated rings. The highest BCUT2D eigenvalue weighted by atomic mass is 79.9. The molecule has 0 radical (unpaired) electrons. The summed E-state index contributed by atoms with van der Waals surface area (Å²) in [5, 5.41) is 4.35. The van der Waals surface area contributed by atoms with Gasteiger partial charge >= 0.3 is 6.09 Å². The van der Waals surface area contributed by atoms with E-state index in [1.165, 1.54) is 0 Å². The van der Waals surface area contributed by atoms with Crippen LogP contribution in [0.25, 0.3) is 0 Å². The van der Waals surface area contributed by atoms with E-state index in [4.69, 9.17) is 4.74 Å². The first-order valence-electron chi connectivity index (χ1n) is 8.19. The van der Waals surface area contributed by atoms with Crippen molar-refractivity contribution in [2.45, 2.75) is 52.3 Å². The Morgan fingerprint density at radius 1 is 1.29 bits per heavy atom. The molecular formula is C16H23BrN4O3. The van der Waals surface area contributed by atoms with E-state index >= 15 is 0 Å². The molecule has 0 aromatic carbocycles. The average molecular weight is 399 g/mol. The highest BCUT2D eigenvalue weighted by Gasteiger charge is 2.38. The van der Waals surface area contributed by atoms with Gasteiger partial charge in [-0.3, -0.25) is 9.48 Å². The van der Waals surface area contributed by atoms with Crippen LogP contribution in [0.4, 0.5) is 4.79 Å². The Kier molecular flexibility index (Phi) is 4.36. The SMILES string of the molecule is Cc1c(Br)nn2c1C(=O)N(C1CCN(C(=O)OC(C)(C)C)C1)CC2. The van der Waals surface area contributed by atoms with E-state index in [1.54, 1.807) is 9.58 Å². The van der Waals surface area contributed by atoms with Crippen molar-refractivity contribution in [1.29, 1.82) is 0 Å². The molecule has 2 aliphatic rings. The zero-order chi connectivity index (χ0) is 17.6. The molecule has 2 amide bonds. The van der Waals surface area contributed by atoms with Gasteiger partial charge in [0.05, 0.1) is 12.6 Å². The van der Waals surface area contributed by atoms with Crippen LogP contribution in [0.1, 0.15) is 43.2 Å². The van der Waals surface area contributed by atoms with Gasteiger partial charge in [0.15, 0.2) is 0 Å². The fourth-order valence-corrected chi connectivity index (χ4v) is 3.61. The molecule has 0 N–H and O–H groups in total. The molecule has 8 heteroatoms. The summed E-state index contributed by atoms with van der Waals surface area (Å²) in [5.41, 5.74) is 1.00. The number of hydrogen-bond acceptors (Lipinski definition) is 4. The molecule has 24 heavy (non-hydrogen) atoms. The third-order valence-electron chi connectivity index (χ3n) is 4.40. The molecule has 0 spiro atoms. The Balaban J connectivity index is 1.70. The summed E-state index contributed by atoms with van der Waals surface area (Å²) in [6.07, 6.45) is 0.470. The van der Waals surface area contributed by atoms with Crippen LogP contribution in [0.3, 0.4) is 0 Å². The fraction of sp³-hybridized carbons (Fsp3) is 0.688. The second-order valence-electron chi connectivity index (χ2n) is 7.35. The van der Waals surface area contributed by atoms with Gasteiger partial charge in [0.1, 0.15) is 15.9 Å². The van der Waals surface area contributed by atoms with E-state index in [9.17, 15) is 9.59 Å². The van der Waals surface area contributed by atoms with E-state index in [-0.39, 0.29) is 18.0 Å². The number of fused-ring (bicyclic) bond motifs is 1. The summed E-state index contributed by atoms with van der Waals surface area (Å²) in [6, 6.07) is 0.0341. The molecule has 1 saturated heterocycles. The Morgan fingerprint density at radius 3 is 2.67 bits per heavy atom. The lowest BCUT2D eigenvalue weighted by atomic mass is 10.1. The topological polar surface area (TPSA) is 67.7 Å². The Morgan fingerprint density at radius 2 is 2.00 bits per heavy atom. The standard InChI is InChI=1S/C16H23BrN4O3/c1-10-12-14(22)20(7-8-21(12)18-13(10)17)11-5-6-19(9-11)15(23)24-16(2,3)4/h11H,5-9H2,1-4H3. The van der Waals surface area contributed by atoms with Crippen molar-refractivity contribution in [3.63, 3.8) is 0 Å². The number of hydrogen-bond donors (Lipinski definition) is 0. The number of ether oxygens (including phenoxy) is 1.